The van der Waals surface area contributed by atoms with Crippen molar-refractivity contribution in [3.05, 3.63) is 56.8 Å². The second kappa shape index (κ2) is 6.53. The molecule has 0 aliphatic heterocycles. The highest BCUT2D eigenvalue weighted by atomic mass is 79.9. The van der Waals surface area contributed by atoms with Crippen molar-refractivity contribution in [2.24, 2.45) is 0 Å². The van der Waals surface area contributed by atoms with Gasteiger partial charge in [0, 0.05) is 12.6 Å². The minimum Gasteiger partial charge on any atom is -0.450 e. The summed E-state index contributed by atoms with van der Waals surface area (Å²) in [5.74, 6) is -0.259. The van der Waals surface area contributed by atoms with Gasteiger partial charge in [0.05, 0.1) is 9.40 Å². The van der Waals surface area contributed by atoms with E-state index >= 15 is 0 Å². The third-order valence-corrected chi connectivity index (χ3v) is 3.31. The van der Waals surface area contributed by atoms with Gasteiger partial charge in [0.15, 0.2) is 0 Å². The Hall–Kier alpha value is -2.15. The molecule has 0 amide bonds. The molecule has 2 rings (SSSR count). The third-order valence-electron chi connectivity index (χ3n) is 2.67. The monoisotopic (exact) mass is 354 g/mol. The molecule has 0 radical (unpaired) electrons. The summed E-state index contributed by atoms with van der Waals surface area (Å²) in [6, 6.07) is 8.86. The summed E-state index contributed by atoms with van der Waals surface area (Å²) in [4.78, 5) is 10.7. The highest BCUT2D eigenvalue weighted by Gasteiger charge is 2.21. The predicted octanol–water partition coefficient (Wildman–Crippen LogP) is 4.72. The molecule has 0 unspecified atom stereocenters. The van der Waals surface area contributed by atoms with Gasteiger partial charge in [0.1, 0.15) is 17.3 Å². The predicted molar refractivity (Wildman–Crippen MR) is 81.4 cm³/mol. The van der Waals surface area contributed by atoms with Gasteiger partial charge in [-0.2, -0.15) is 0 Å². The van der Waals surface area contributed by atoms with E-state index in [1.807, 2.05) is 6.92 Å². The minimum atomic E-state index is -0.525. The lowest BCUT2D eigenvalue weighted by atomic mass is 10.2. The molecule has 0 saturated carbocycles. The van der Waals surface area contributed by atoms with Gasteiger partial charge in [0.2, 0.25) is 5.75 Å². The van der Waals surface area contributed by atoms with E-state index in [0.29, 0.717) is 16.7 Å². The molecule has 0 atom stereocenters. The molecule has 0 aliphatic carbocycles. The molecule has 21 heavy (non-hydrogen) atoms. The molecule has 2 aromatic rings. The average Bonchev–Trinajstić information content (AvgIpc) is 2.43. The first-order valence-corrected chi connectivity index (χ1v) is 6.96. The molecular formula is C14H12BrFN2O3. The molecule has 0 heterocycles. The first-order valence-electron chi connectivity index (χ1n) is 6.17. The molecule has 0 fully saturated rings. The molecule has 0 aliphatic rings. The molecular weight excluding hydrogens is 343 g/mol. The molecule has 1 N–H and O–H groups in total. The van der Waals surface area contributed by atoms with E-state index in [9.17, 15) is 14.5 Å². The number of para-hydroxylation sites is 1. The van der Waals surface area contributed by atoms with Gasteiger partial charge in [-0.15, -0.1) is 0 Å². The van der Waals surface area contributed by atoms with Crippen molar-refractivity contribution < 1.29 is 14.1 Å². The van der Waals surface area contributed by atoms with E-state index in [4.69, 9.17) is 4.74 Å². The fourth-order valence-corrected chi connectivity index (χ4v) is 2.04. The lowest BCUT2D eigenvalue weighted by molar-refractivity contribution is -0.384. The zero-order valence-corrected chi connectivity index (χ0v) is 12.7. The number of benzene rings is 2. The van der Waals surface area contributed by atoms with Gasteiger partial charge in [-0.25, -0.2) is 4.39 Å². The Labute approximate surface area is 129 Å². The van der Waals surface area contributed by atoms with Crippen LogP contribution >= 0.6 is 15.9 Å². The van der Waals surface area contributed by atoms with Crippen molar-refractivity contribution in [1.29, 1.82) is 0 Å². The van der Waals surface area contributed by atoms with Crippen LogP contribution in [-0.4, -0.2) is 11.5 Å². The van der Waals surface area contributed by atoms with E-state index in [-0.39, 0.29) is 17.2 Å². The van der Waals surface area contributed by atoms with Crippen molar-refractivity contribution in [2.45, 2.75) is 6.92 Å². The van der Waals surface area contributed by atoms with Gasteiger partial charge in [0.25, 0.3) is 0 Å². The van der Waals surface area contributed by atoms with Gasteiger partial charge in [-0.05, 0) is 47.1 Å². The molecule has 5 nitrogen and oxygen atoms in total. The van der Waals surface area contributed by atoms with Crippen LogP contribution in [0.4, 0.5) is 15.8 Å². The van der Waals surface area contributed by atoms with Crippen molar-refractivity contribution in [1.82, 2.24) is 0 Å². The minimum absolute atomic E-state index is 0.0557. The Morgan fingerprint density at radius 3 is 2.76 bits per heavy atom. The van der Waals surface area contributed by atoms with E-state index in [0.717, 1.165) is 6.07 Å². The molecule has 2 aromatic carbocycles. The molecule has 0 spiro atoms. The van der Waals surface area contributed by atoms with Crippen molar-refractivity contribution >= 4 is 27.3 Å². The molecule has 0 saturated heterocycles. The summed E-state index contributed by atoms with van der Waals surface area (Å²) in [7, 11) is 0. The van der Waals surface area contributed by atoms with Crippen LogP contribution in [0.2, 0.25) is 0 Å². The molecule has 0 aromatic heterocycles. The van der Waals surface area contributed by atoms with Crippen LogP contribution in [0.3, 0.4) is 0 Å². The Bertz CT molecular complexity index is 679. The standard InChI is InChI=1S/C14H12BrFN2O3/c1-2-17-12-4-3-5-13(14(12)18(19)20)21-9-6-7-10(15)11(16)8-9/h3-8,17H,2H2,1H3. The summed E-state index contributed by atoms with van der Waals surface area (Å²) < 4.78 is 19.2. The smallest absolute Gasteiger partial charge is 0.334 e. The Morgan fingerprint density at radius 1 is 1.38 bits per heavy atom. The van der Waals surface area contributed by atoms with Crippen molar-refractivity contribution in [2.75, 3.05) is 11.9 Å². The Kier molecular flexibility index (Phi) is 4.74. The summed E-state index contributed by atoms with van der Waals surface area (Å²) >= 11 is 3.04. The molecule has 0 bridgehead atoms. The fraction of sp³-hybridized carbons (Fsp3) is 0.143. The van der Waals surface area contributed by atoms with Crippen molar-refractivity contribution in [3.8, 4) is 11.5 Å². The zero-order chi connectivity index (χ0) is 15.4. The normalized spacial score (nSPS) is 10.2. The summed E-state index contributed by atoms with van der Waals surface area (Å²) in [5, 5.41) is 14.1. The number of hydrogen-bond donors (Lipinski definition) is 1. The number of nitro groups is 1. The first kappa shape index (κ1) is 15.2. The van der Waals surface area contributed by atoms with Gasteiger partial charge >= 0.3 is 5.69 Å². The van der Waals surface area contributed by atoms with Gasteiger partial charge in [-0.1, -0.05) is 6.07 Å². The highest BCUT2D eigenvalue weighted by molar-refractivity contribution is 9.10. The van der Waals surface area contributed by atoms with Gasteiger partial charge in [-0.3, -0.25) is 10.1 Å². The quantitative estimate of drug-likeness (QED) is 0.623. The lowest BCUT2D eigenvalue weighted by Gasteiger charge is -2.10. The second-order valence-electron chi connectivity index (χ2n) is 4.12. The van der Waals surface area contributed by atoms with E-state index in [2.05, 4.69) is 21.2 Å². The zero-order valence-electron chi connectivity index (χ0n) is 11.1. The van der Waals surface area contributed by atoms with E-state index in [1.54, 1.807) is 12.1 Å². The number of nitrogens with zero attached hydrogens (tertiary/aromatic N) is 1. The number of anilines is 1. The summed E-state index contributed by atoms with van der Waals surface area (Å²) in [5.41, 5.74) is 0.181. The van der Waals surface area contributed by atoms with Crippen LogP contribution in [0.5, 0.6) is 11.5 Å². The maximum Gasteiger partial charge on any atom is 0.334 e. The van der Waals surface area contributed by atoms with Gasteiger partial charge < -0.3 is 10.1 Å². The number of nitro benzene ring substituents is 1. The number of ether oxygens (including phenoxy) is 1. The van der Waals surface area contributed by atoms with Crippen LogP contribution in [-0.2, 0) is 0 Å². The first-order chi connectivity index (χ1) is 10.0. The van der Waals surface area contributed by atoms with E-state index in [1.165, 1.54) is 18.2 Å². The maximum atomic E-state index is 13.5. The fourth-order valence-electron chi connectivity index (χ4n) is 1.79. The van der Waals surface area contributed by atoms with Crippen LogP contribution < -0.4 is 10.1 Å². The number of halogens is 2. The highest BCUT2D eigenvalue weighted by Crippen LogP contribution is 2.37. The summed E-state index contributed by atoms with van der Waals surface area (Å²) in [6.07, 6.45) is 0. The largest absolute Gasteiger partial charge is 0.450 e. The topological polar surface area (TPSA) is 64.4 Å². The van der Waals surface area contributed by atoms with E-state index < -0.39 is 10.7 Å². The average molecular weight is 355 g/mol. The lowest BCUT2D eigenvalue weighted by Crippen LogP contribution is -2.02. The molecule has 7 heteroatoms. The van der Waals surface area contributed by atoms with Crippen LogP contribution in [0.25, 0.3) is 0 Å². The van der Waals surface area contributed by atoms with Crippen LogP contribution in [0, 0.1) is 15.9 Å². The Morgan fingerprint density at radius 2 is 2.14 bits per heavy atom. The third kappa shape index (κ3) is 3.49. The molecule has 110 valence electrons. The second-order valence-corrected chi connectivity index (χ2v) is 4.97. The van der Waals surface area contributed by atoms with Crippen molar-refractivity contribution in [3.63, 3.8) is 0 Å². The summed E-state index contributed by atoms with van der Waals surface area (Å²) in [6.45, 7) is 2.37. The number of nitrogens with one attached hydrogen (secondary N) is 1. The van der Waals surface area contributed by atoms with Crippen LogP contribution in [0.15, 0.2) is 40.9 Å². The Balaban J connectivity index is 2.41. The number of hydrogen-bond acceptors (Lipinski definition) is 4. The maximum absolute atomic E-state index is 13.5. The van der Waals surface area contributed by atoms with Crippen LogP contribution in [0.1, 0.15) is 6.92 Å². The SMILES string of the molecule is CCNc1cccc(Oc2ccc(Br)c(F)c2)c1[N+](=O)[O-]. The number of rotatable bonds is 5.